The highest BCUT2D eigenvalue weighted by Crippen LogP contribution is 2.22. The molecule has 0 unspecified atom stereocenters. The Balaban J connectivity index is 1.82. The molecule has 98 valence electrons. The highest BCUT2D eigenvalue weighted by molar-refractivity contribution is 5.95. The van der Waals surface area contributed by atoms with Crippen LogP contribution in [0.25, 0.3) is 0 Å². The average molecular weight is 248 g/mol. The number of benzene rings is 1. The van der Waals surface area contributed by atoms with Gasteiger partial charge < -0.3 is 15.7 Å². The third kappa shape index (κ3) is 3.23. The summed E-state index contributed by atoms with van der Waals surface area (Å²) >= 11 is 0. The van der Waals surface area contributed by atoms with E-state index in [4.69, 9.17) is 5.11 Å². The molecule has 1 aromatic carbocycles. The zero-order valence-corrected chi connectivity index (χ0v) is 10.5. The van der Waals surface area contributed by atoms with E-state index < -0.39 is 0 Å². The Labute approximate surface area is 107 Å². The molecule has 1 amide bonds. The molecular formula is C14H20N2O2. The molecule has 0 bridgehead atoms. The first kappa shape index (κ1) is 12.9. The van der Waals surface area contributed by atoms with Crippen molar-refractivity contribution in [1.29, 1.82) is 0 Å². The van der Waals surface area contributed by atoms with Gasteiger partial charge in [-0.2, -0.15) is 0 Å². The fourth-order valence-electron chi connectivity index (χ4n) is 2.16. The van der Waals surface area contributed by atoms with E-state index in [1.165, 1.54) is 5.56 Å². The number of hydrogen-bond acceptors (Lipinski definition) is 3. The van der Waals surface area contributed by atoms with Crippen LogP contribution in [0.2, 0.25) is 0 Å². The lowest BCUT2D eigenvalue weighted by atomic mass is 10.1. The highest BCUT2D eigenvalue weighted by Gasteiger charge is 2.12. The number of carbonyl (C=O) groups is 1. The lowest BCUT2D eigenvalue weighted by Gasteiger charge is -2.06. The number of carbonyl (C=O) groups excluding carboxylic acids is 1. The summed E-state index contributed by atoms with van der Waals surface area (Å²) in [6.07, 6.45) is 3.66. The van der Waals surface area contributed by atoms with Crippen molar-refractivity contribution in [1.82, 2.24) is 5.32 Å². The van der Waals surface area contributed by atoms with Crippen molar-refractivity contribution in [3.8, 4) is 0 Å². The van der Waals surface area contributed by atoms with E-state index in [1.54, 1.807) is 0 Å². The number of aliphatic hydroxyl groups is 1. The zero-order valence-electron chi connectivity index (χ0n) is 10.5. The molecule has 0 saturated heterocycles. The van der Waals surface area contributed by atoms with Crippen LogP contribution in [0.5, 0.6) is 0 Å². The van der Waals surface area contributed by atoms with Crippen LogP contribution < -0.4 is 10.6 Å². The molecule has 4 nitrogen and oxygen atoms in total. The number of hydrogen-bond donors (Lipinski definition) is 3. The molecule has 0 fully saturated rings. The number of anilines is 1. The number of aliphatic hydroxyl groups excluding tert-OH is 1. The van der Waals surface area contributed by atoms with Gasteiger partial charge in [-0.15, -0.1) is 0 Å². The van der Waals surface area contributed by atoms with Crippen LogP contribution in [0.15, 0.2) is 18.2 Å². The number of nitrogens with one attached hydrogen (secondary N) is 2. The third-order valence-electron chi connectivity index (χ3n) is 3.20. The first-order valence-electron chi connectivity index (χ1n) is 6.57. The molecule has 1 aliphatic rings. The smallest absolute Gasteiger partial charge is 0.251 e. The molecule has 4 heteroatoms. The van der Waals surface area contributed by atoms with E-state index in [1.807, 2.05) is 18.2 Å². The molecule has 1 aromatic rings. The second-order valence-electron chi connectivity index (χ2n) is 4.59. The Morgan fingerprint density at radius 3 is 3.06 bits per heavy atom. The summed E-state index contributed by atoms with van der Waals surface area (Å²) in [5.74, 6) is -0.00583. The molecule has 0 radical (unpaired) electrons. The van der Waals surface area contributed by atoms with E-state index in [0.29, 0.717) is 6.54 Å². The number of amides is 1. The van der Waals surface area contributed by atoms with Crippen LogP contribution in [0, 0.1) is 0 Å². The molecule has 18 heavy (non-hydrogen) atoms. The van der Waals surface area contributed by atoms with Crippen LogP contribution in [-0.4, -0.2) is 30.7 Å². The van der Waals surface area contributed by atoms with E-state index in [-0.39, 0.29) is 12.5 Å². The van der Waals surface area contributed by atoms with Gasteiger partial charge >= 0.3 is 0 Å². The molecular weight excluding hydrogens is 228 g/mol. The fourth-order valence-corrected chi connectivity index (χ4v) is 2.16. The Kier molecular flexibility index (Phi) is 4.59. The zero-order chi connectivity index (χ0) is 12.8. The molecule has 2 rings (SSSR count). The topological polar surface area (TPSA) is 61.4 Å². The van der Waals surface area contributed by atoms with Crippen LogP contribution in [0.1, 0.15) is 35.2 Å². The van der Waals surface area contributed by atoms with Crippen molar-refractivity contribution < 1.29 is 9.90 Å². The monoisotopic (exact) mass is 248 g/mol. The van der Waals surface area contributed by atoms with Crippen molar-refractivity contribution in [3.05, 3.63) is 29.3 Å². The van der Waals surface area contributed by atoms with Gasteiger partial charge in [0.25, 0.3) is 5.91 Å². The van der Waals surface area contributed by atoms with Crippen molar-refractivity contribution in [2.45, 2.75) is 25.7 Å². The first-order valence-corrected chi connectivity index (χ1v) is 6.57. The molecule has 1 aliphatic heterocycles. The summed E-state index contributed by atoms with van der Waals surface area (Å²) in [6, 6.07) is 5.81. The Hall–Kier alpha value is -1.55. The molecule has 0 aliphatic carbocycles. The molecule has 3 N–H and O–H groups in total. The second kappa shape index (κ2) is 6.40. The summed E-state index contributed by atoms with van der Waals surface area (Å²) in [5, 5.41) is 14.8. The van der Waals surface area contributed by atoms with Gasteiger partial charge in [-0.25, -0.2) is 0 Å². The van der Waals surface area contributed by atoms with Gasteiger partial charge in [-0.3, -0.25) is 4.79 Å². The van der Waals surface area contributed by atoms with Crippen molar-refractivity contribution in [3.63, 3.8) is 0 Å². The number of rotatable bonds is 6. The van der Waals surface area contributed by atoms with Gasteiger partial charge in [0.1, 0.15) is 0 Å². The van der Waals surface area contributed by atoms with Gasteiger partial charge in [-0.1, -0.05) is 0 Å². The van der Waals surface area contributed by atoms with E-state index in [9.17, 15) is 4.79 Å². The van der Waals surface area contributed by atoms with Crippen LogP contribution in [0.4, 0.5) is 5.69 Å². The highest BCUT2D eigenvalue weighted by atomic mass is 16.2. The quantitative estimate of drug-likeness (QED) is 0.669. The van der Waals surface area contributed by atoms with E-state index in [2.05, 4.69) is 10.6 Å². The Bertz CT molecular complexity index is 418. The largest absolute Gasteiger partial charge is 0.396 e. The summed E-state index contributed by atoms with van der Waals surface area (Å²) in [6.45, 7) is 1.86. The second-order valence-corrected chi connectivity index (χ2v) is 4.59. The van der Waals surface area contributed by atoms with Crippen molar-refractivity contribution in [2.24, 2.45) is 0 Å². The summed E-state index contributed by atoms with van der Waals surface area (Å²) in [7, 11) is 0. The molecule has 1 heterocycles. The maximum atomic E-state index is 11.9. The lowest BCUT2D eigenvalue weighted by molar-refractivity contribution is 0.0953. The molecule has 0 aromatic heterocycles. The predicted molar refractivity (Wildman–Crippen MR) is 71.9 cm³/mol. The number of unbranched alkanes of at least 4 members (excludes halogenated alkanes) is 2. The number of fused-ring (bicyclic) bond motifs is 1. The van der Waals surface area contributed by atoms with Crippen LogP contribution in [0.3, 0.4) is 0 Å². The normalized spacial score (nSPS) is 12.9. The molecule has 0 saturated carbocycles. The van der Waals surface area contributed by atoms with Crippen molar-refractivity contribution in [2.75, 3.05) is 25.0 Å². The lowest BCUT2D eigenvalue weighted by Crippen LogP contribution is -2.24. The van der Waals surface area contributed by atoms with Gasteiger partial charge in [0.2, 0.25) is 0 Å². The third-order valence-corrected chi connectivity index (χ3v) is 3.20. The standard InChI is InChI=1S/C14H20N2O2/c17-9-3-1-2-7-16-14(18)12-4-5-13-11(10-12)6-8-15-13/h4-5,10,15,17H,1-3,6-9H2,(H,16,18). The van der Waals surface area contributed by atoms with Gasteiger partial charge in [-0.05, 0) is 49.4 Å². The SMILES string of the molecule is O=C(NCCCCCO)c1ccc2c(c1)CCN2. The van der Waals surface area contributed by atoms with Crippen molar-refractivity contribution >= 4 is 11.6 Å². The van der Waals surface area contributed by atoms with Gasteiger partial charge in [0.15, 0.2) is 0 Å². The maximum absolute atomic E-state index is 11.9. The molecule has 0 atom stereocenters. The predicted octanol–water partition coefficient (Wildman–Crippen LogP) is 1.55. The summed E-state index contributed by atoms with van der Waals surface area (Å²) in [4.78, 5) is 11.9. The van der Waals surface area contributed by atoms with Crippen LogP contribution >= 0.6 is 0 Å². The van der Waals surface area contributed by atoms with E-state index in [0.717, 1.165) is 43.5 Å². The van der Waals surface area contributed by atoms with Gasteiger partial charge in [0.05, 0.1) is 0 Å². The first-order chi connectivity index (χ1) is 8.81. The van der Waals surface area contributed by atoms with E-state index >= 15 is 0 Å². The summed E-state index contributed by atoms with van der Waals surface area (Å²) < 4.78 is 0. The minimum atomic E-state index is -0.00583. The minimum Gasteiger partial charge on any atom is -0.396 e. The maximum Gasteiger partial charge on any atom is 0.251 e. The minimum absolute atomic E-state index is 0.00583. The van der Waals surface area contributed by atoms with Gasteiger partial charge in [0, 0.05) is 30.9 Å². The summed E-state index contributed by atoms with van der Waals surface area (Å²) in [5.41, 5.74) is 3.11. The average Bonchev–Trinajstić information content (AvgIpc) is 2.85. The van der Waals surface area contributed by atoms with Crippen LogP contribution in [-0.2, 0) is 6.42 Å². The Morgan fingerprint density at radius 2 is 2.22 bits per heavy atom. The Morgan fingerprint density at radius 1 is 1.33 bits per heavy atom. The molecule has 0 spiro atoms. The fraction of sp³-hybridized carbons (Fsp3) is 0.500.